The smallest absolute Gasteiger partial charge is 0.323 e. The fourth-order valence-corrected chi connectivity index (χ4v) is 7.97. The normalized spacial score (nSPS) is 24.9. The minimum Gasteiger partial charge on any atom is -0.323 e. The van der Waals surface area contributed by atoms with Gasteiger partial charge in [0.25, 0.3) is 0 Å². The van der Waals surface area contributed by atoms with Crippen molar-refractivity contribution in [1.29, 1.82) is 0 Å². The van der Waals surface area contributed by atoms with Crippen molar-refractivity contribution < 1.29 is 26.4 Å². The number of hydrogen-bond donors (Lipinski definition) is 0. The largest absolute Gasteiger partial charge is 0.417 e. The van der Waals surface area contributed by atoms with Crippen molar-refractivity contribution in [1.82, 2.24) is 33.9 Å². The van der Waals surface area contributed by atoms with E-state index in [1.807, 2.05) is 15.9 Å². The summed E-state index contributed by atoms with van der Waals surface area (Å²) in [6.45, 7) is 2.71. The van der Waals surface area contributed by atoms with Crippen molar-refractivity contribution >= 4 is 16.1 Å². The van der Waals surface area contributed by atoms with E-state index in [0.29, 0.717) is 37.3 Å². The Balaban J connectivity index is 0.890. The van der Waals surface area contributed by atoms with E-state index in [2.05, 4.69) is 15.1 Å². The van der Waals surface area contributed by atoms with Gasteiger partial charge in [-0.25, -0.2) is 22.9 Å². The second-order valence-electron chi connectivity index (χ2n) is 11.6. The average molecular weight is 538 g/mol. The van der Waals surface area contributed by atoms with E-state index >= 15 is 0 Å². The number of carbonyl (C=O) groups is 1. The maximum atomic E-state index is 13.0. The van der Waals surface area contributed by atoms with Gasteiger partial charge in [0, 0.05) is 68.4 Å². The van der Waals surface area contributed by atoms with Gasteiger partial charge in [0.05, 0.1) is 11.6 Å². The van der Waals surface area contributed by atoms with Crippen molar-refractivity contribution in [3.8, 4) is 0 Å². The first kappa shape index (κ1) is 23.4. The van der Waals surface area contributed by atoms with E-state index in [0.717, 1.165) is 42.3 Å². The topological polar surface area (TPSA) is 105 Å². The zero-order valence-corrected chi connectivity index (χ0v) is 20.7. The van der Waals surface area contributed by atoms with Crippen LogP contribution in [0.2, 0.25) is 0 Å². The maximum Gasteiger partial charge on any atom is 0.417 e. The van der Waals surface area contributed by atoms with Crippen LogP contribution in [0.1, 0.15) is 49.0 Å². The van der Waals surface area contributed by atoms with Crippen LogP contribution in [-0.2, 0) is 16.2 Å². The van der Waals surface area contributed by atoms with E-state index in [9.17, 15) is 26.4 Å². The lowest BCUT2D eigenvalue weighted by atomic mass is 9.60. The van der Waals surface area contributed by atoms with Crippen LogP contribution in [0.3, 0.4) is 0 Å². The predicted molar refractivity (Wildman–Crippen MR) is 122 cm³/mol. The standard InChI is InChI=1S/C23H26F3N7O3S/c24-23(25,26)16-3-18(7-27-6-16)37(35,36)32-12-22(13-32)10-31(11-22)20(34)30-8-21(9-30)4-17(5-21)33-14-28-19(29-33)15-1-2-15/h3,6-7,14-15,17H,1-2,4-5,8-13H2. The van der Waals surface area contributed by atoms with Gasteiger partial charge in [-0.05, 0) is 31.7 Å². The van der Waals surface area contributed by atoms with Gasteiger partial charge in [0.2, 0.25) is 10.0 Å². The Labute approximate surface area is 211 Å². The number of aromatic nitrogens is 4. The Hall–Kier alpha value is -2.74. The number of halogens is 3. The quantitative estimate of drug-likeness (QED) is 0.593. The number of sulfonamides is 1. The molecular formula is C23H26F3N7O3S. The highest BCUT2D eigenvalue weighted by molar-refractivity contribution is 7.89. The molecular weight excluding hydrogens is 511 g/mol. The summed E-state index contributed by atoms with van der Waals surface area (Å²) in [4.78, 5) is 23.9. The molecule has 5 aliphatic rings. The summed E-state index contributed by atoms with van der Waals surface area (Å²) in [6, 6.07) is 0.933. The molecule has 0 bridgehead atoms. The van der Waals surface area contributed by atoms with Crippen LogP contribution in [0.15, 0.2) is 29.7 Å². The van der Waals surface area contributed by atoms with Crippen molar-refractivity contribution in [2.45, 2.75) is 48.7 Å². The summed E-state index contributed by atoms with van der Waals surface area (Å²) < 4.78 is 67.6. The number of urea groups is 1. The van der Waals surface area contributed by atoms with Crippen LogP contribution in [0.25, 0.3) is 0 Å². The summed E-state index contributed by atoms with van der Waals surface area (Å²) >= 11 is 0. The molecule has 5 fully saturated rings. The molecule has 14 heteroatoms. The molecule has 0 unspecified atom stereocenters. The third kappa shape index (κ3) is 3.74. The summed E-state index contributed by atoms with van der Waals surface area (Å²) in [5.74, 6) is 1.49. The first-order valence-electron chi connectivity index (χ1n) is 12.4. The Morgan fingerprint density at radius 1 is 0.973 bits per heavy atom. The van der Waals surface area contributed by atoms with Gasteiger partial charge in [-0.2, -0.15) is 22.6 Å². The maximum absolute atomic E-state index is 13.0. The van der Waals surface area contributed by atoms with E-state index < -0.39 is 26.7 Å². The molecule has 0 radical (unpaired) electrons. The van der Waals surface area contributed by atoms with Crippen LogP contribution in [-0.4, -0.2) is 87.6 Å². The summed E-state index contributed by atoms with van der Waals surface area (Å²) in [5, 5.41) is 4.63. The average Bonchev–Trinajstić information content (AvgIpc) is 3.47. The lowest BCUT2D eigenvalue weighted by Crippen LogP contribution is -2.76. The number of pyridine rings is 1. The van der Waals surface area contributed by atoms with Crippen LogP contribution in [0.5, 0.6) is 0 Å². The Morgan fingerprint density at radius 2 is 1.62 bits per heavy atom. The third-order valence-electron chi connectivity index (χ3n) is 8.53. The molecule has 2 amide bonds. The first-order valence-corrected chi connectivity index (χ1v) is 13.9. The van der Waals surface area contributed by atoms with Gasteiger partial charge in [-0.3, -0.25) is 4.98 Å². The molecule has 37 heavy (non-hydrogen) atoms. The van der Waals surface area contributed by atoms with Crippen molar-refractivity contribution in [3.63, 3.8) is 0 Å². The fraction of sp³-hybridized carbons (Fsp3) is 0.652. The minimum atomic E-state index is -4.67. The van der Waals surface area contributed by atoms with E-state index in [-0.39, 0.29) is 30.0 Å². The number of rotatable bonds is 4. The van der Waals surface area contributed by atoms with Crippen LogP contribution in [0, 0.1) is 10.8 Å². The molecule has 7 rings (SSSR count). The fourth-order valence-electron chi connectivity index (χ4n) is 6.31. The van der Waals surface area contributed by atoms with Gasteiger partial charge in [-0.1, -0.05) is 0 Å². The lowest BCUT2D eigenvalue weighted by Gasteiger charge is -2.63. The van der Waals surface area contributed by atoms with Crippen LogP contribution in [0.4, 0.5) is 18.0 Å². The van der Waals surface area contributed by atoms with Gasteiger partial charge in [0.1, 0.15) is 11.2 Å². The van der Waals surface area contributed by atoms with Crippen LogP contribution < -0.4 is 0 Å². The van der Waals surface area contributed by atoms with E-state index in [1.54, 1.807) is 4.90 Å². The van der Waals surface area contributed by atoms with Gasteiger partial charge >= 0.3 is 12.2 Å². The molecule has 0 atom stereocenters. The molecule has 2 aliphatic carbocycles. The molecule has 198 valence electrons. The highest BCUT2D eigenvalue weighted by Gasteiger charge is 2.60. The van der Waals surface area contributed by atoms with Crippen molar-refractivity contribution in [2.24, 2.45) is 10.8 Å². The number of likely N-dealkylation sites (tertiary alicyclic amines) is 2. The number of alkyl halides is 3. The summed E-state index contributed by atoms with van der Waals surface area (Å²) in [5.41, 5.74) is -1.26. The lowest BCUT2D eigenvalue weighted by molar-refractivity contribution is -0.138. The zero-order valence-electron chi connectivity index (χ0n) is 19.9. The number of amides is 2. The molecule has 5 heterocycles. The predicted octanol–water partition coefficient (Wildman–Crippen LogP) is 2.33. The first-order chi connectivity index (χ1) is 17.5. The van der Waals surface area contributed by atoms with Gasteiger partial charge in [0.15, 0.2) is 5.82 Å². The molecule has 0 aromatic carbocycles. The summed E-state index contributed by atoms with van der Waals surface area (Å²) in [7, 11) is -4.07. The molecule has 2 spiro atoms. The molecule has 0 N–H and O–H groups in total. The molecule has 2 aromatic heterocycles. The number of carbonyl (C=O) groups excluding carboxylic acids is 1. The molecule has 2 aromatic rings. The molecule has 2 saturated carbocycles. The molecule has 3 saturated heterocycles. The third-order valence-corrected chi connectivity index (χ3v) is 10.3. The summed E-state index contributed by atoms with van der Waals surface area (Å²) in [6.07, 6.45) is 3.04. The SMILES string of the molecule is O=C(N1CC2(CC(n3cnc(C4CC4)n3)C2)C1)N1CC2(C1)CN(S(=O)(=O)c1cncc(C(F)(F)F)c1)C2. The van der Waals surface area contributed by atoms with E-state index in [4.69, 9.17) is 0 Å². The Morgan fingerprint density at radius 3 is 2.24 bits per heavy atom. The Bertz CT molecular complexity index is 1360. The van der Waals surface area contributed by atoms with E-state index in [1.165, 1.54) is 12.8 Å². The minimum absolute atomic E-state index is 0.0279. The van der Waals surface area contributed by atoms with Crippen molar-refractivity contribution in [2.75, 3.05) is 39.3 Å². The van der Waals surface area contributed by atoms with Gasteiger partial charge < -0.3 is 9.80 Å². The van der Waals surface area contributed by atoms with Gasteiger partial charge in [-0.15, -0.1) is 0 Å². The highest BCUT2D eigenvalue weighted by atomic mass is 32.2. The molecule has 10 nitrogen and oxygen atoms in total. The number of hydrogen-bond acceptors (Lipinski definition) is 6. The van der Waals surface area contributed by atoms with Crippen molar-refractivity contribution in [3.05, 3.63) is 36.2 Å². The monoisotopic (exact) mass is 537 g/mol. The molecule has 3 aliphatic heterocycles. The Kier molecular flexibility index (Phi) is 4.69. The second-order valence-corrected chi connectivity index (χ2v) is 13.5. The second kappa shape index (κ2) is 7.43. The van der Waals surface area contributed by atoms with Crippen LogP contribution >= 0.6 is 0 Å². The zero-order chi connectivity index (χ0) is 25.8. The number of nitrogens with zero attached hydrogens (tertiary/aromatic N) is 7. The highest BCUT2D eigenvalue weighted by Crippen LogP contribution is 2.54.